The van der Waals surface area contributed by atoms with Crippen molar-refractivity contribution in [1.82, 2.24) is 9.55 Å². The van der Waals surface area contributed by atoms with Gasteiger partial charge in [0.1, 0.15) is 5.75 Å². The fraction of sp³-hybridized carbons (Fsp3) is 0.150. The quantitative estimate of drug-likeness (QED) is 0.392. The lowest BCUT2D eigenvalue weighted by Crippen LogP contribution is -2.03. The molecule has 3 nitrogen and oxygen atoms in total. The van der Waals surface area contributed by atoms with Crippen molar-refractivity contribution in [3.8, 4) is 22.7 Å². The van der Waals surface area contributed by atoms with Crippen molar-refractivity contribution >= 4 is 11.8 Å². The van der Waals surface area contributed by atoms with E-state index in [1.807, 2.05) is 48.0 Å². The molecule has 0 aliphatic carbocycles. The fourth-order valence-electron chi connectivity index (χ4n) is 2.52. The van der Waals surface area contributed by atoms with Crippen LogP contribution in [0.25, 0.3) is 16.9 Å². The molecular formula is C20H18F2N2OS. The van der Waals surface area contributed by atoms with E-state index in [0.717, 1.165) is 27.9 Å². The molecule has 0 aliphatic rings. The monoisotopic (exact) mass is 372 g/mol. The Morgan fingerprint density at radius 3 is 2.46 bits per heavy atom. The Kier molecular flexibility index (Phi) is 5.73. The first-order valence-electron chi connectivity index (χ1n) is 8.02. The topological polar surface area (TPSA) is 27.1 Å². The first-order valence-corrected chi connectivity index (χ1v) is 9.01. The van der Waals surface area contributed by atoms with Crippen LogP contribution in [0.4, 0.5) is 8.78 Å². The number of thioether (sulfide) groups is 1. The summed E-state index contributed by atoms with van der Waals surface area (Å²) in [5.74, 6) is 0.845. The number of aromatic nitrogens is 2. The molecule has 0 fully saturated rings. The highest BCUT2D eigenvalue weighted by atomic mass is 32.2. The van der Waals surface area contributed by atoms with Crippen molar-refractivity contribution in [3.05, 3.63) is 72.9 Å². The Balaban J connectivity index is 2.03. The lowest BCUT2D eigenvalue weighted by atomic mass is 10.1. The standard InChI is InChI=1S/C20H18F2N2OS/c1-3-12-26-20-23-13-18(15-6-4-14(2)5-7-15)24(20)16-8-10-17(11-9-16)25-19(21)22/h3-11,13,19H,1,12H2,2H3. The second kappa shape index (κ2) is 8.19. The van der Waals surface area contributed by atoms with E-state index < -0.39 is 6.61 Å². The Labute approximate surface area is 155 Å². The van der Waals surface area contributed by atoms with Crippen molar-refractivity contribution in [2.45, 2.75) is 18.7 Å². The molecule has 3 rings (SSSR count). The lowest BCUT2D eigenvalue weighted by molar-refractivity contribution is -0.0498. The van der Waals surface area contributed by atoms with Crippen LogP contribution in [0.1, 0.15) is 5.56 Å². The number of aryl methyl sites for hydroxylation is 1. The minimum absolute atomic E-state index is 0.126. The largest absolute Gasteiger partial charge is 0.435 e. The van der Waals surface area contributed by atoms with Gasteiger partial charge < -0.3 is 4.74 Å². The van der Waals surface area contributed by atoms with Gasteiger partial charge in [0.15, 0.2) is 5.16 Å². The molecular weight excluding hydrogens is 354 g/mol. The first kappa shape index (κ1) is 18.2. The van der Waals surface area contributed by atoms with Gasteiger partial charge in [-0.25, -0.2) is 4.98 Å². The van der Waals surface area contributed by atoms with E-state index in [9.17, 15) is 8.78 Å². The van der Waals surface area contributed by atoms with E-state index >= 15 is 0 Å². The molecule has 0 bridgehead atoms. The van der Waals surface area contributed by atoms with Gasteiger partial charge in [-0.1, -0.05) is 47.7 Å². The van der Waals surface area contributed by atoms with Crippen LogP contribution in [0.15, 0.2) is 72.5 Å². The summed E-state index contributed by atoms with van der Waals surface area (Å²) in [6.07, 6.45) is 3.63. The molecule has 0 unspecified atom stereocenters. The van der Waals surface area contributed by atoms with Gasteiger partial charge in [0.25, 0.3) is 0 Å². The number of imidazole rings is 1. The number of ether oxygens (including phenoxy) is 1. The first-order chi connectivity index (χ1) is 12.6. The predicted octanol–water partition coefficient (Wildman–Crippen LogP) is 5.73. The second-order valence-corrected chi connectivity index (χ2v) is 6.59. The van der Waals surface area contributed by atoms with Crippen LogP contribution in [-0.4, -0.2) is 21.9 Å². The van der Waals surface area contributed by atoms with Gasteiger partial charge in [-0.2, -0.15) is 8.78 Å². The van der Waals surface area contributed by atoms with Crippen LogP contribution in [0.3, 0.4) is 0 Å². The molecule has 26 heavy (non-hydrogen) atoms. The molecule has 0 saturated heterocycles. The summed E-state index contributed by atoms with van der Waals surface area (Å²) in [7, 11) is 0. The van der Waals surface area contributed by atoms with E-state index in [1.54, 1.807) is 23.9 Å². The summed E-state index contributed by atoms with van der Waals surface area (Å²) < 4.78 is 31.2. The zero-order chi connectivity index (χ0) is 18.5. The molecule has 0 N–H and O–H groups in total. The number of rotatable bonds is 7. The maximum atomic E-state index is 12.4. The normalized spacial score (nSPS) is 10.9. The van der Waals surface area contributed by atoms with Gasteiger partial charge in [0.05, 0.1) is 11.9 Å². The van der Waals surface area contributed by atoms with Gasteiger partial charge in [0.2, 0.25) is 0 Å². The summed E-state index contributed by atoms with van der Waals surface area (Å²) in [4.78, 5) is 4.53. The molecule has 3 aromatic rings. The van der Waals surface area contributed by atoms with E-state index in [1.165, 1.54) is 17.7 Å². The summed E-state index contributed by atoms with van der Waals surface area (Å²) in [6, 6.07) is 14.7. The molecule has 0 saturated carbocycles. The van der Waals surface area contributed by atoms with Crippen molar-refractivity contribution in [3.63, 3.8) is 0 Å². The van der Waals surface area contributed by atoms with E-state index in [-0.39, 0.29) is 5.75 Å². The summed E-state index contributed by atoms with van der Waals surface area (Å²) in [5.41, 5.74) is 3.96. The molecule has 1 aromatic heterocycles. The molecule has 0 radical (unpaired) electrons. The smallest absolute Gasteiger partial charge is 0.387 e. The number of hydrogen-bond donors (Lipinski definition) is 0. The summed E-state index contributed by atoms with van der Waals surface area (Å²) in [5, 5.41) is 0.808. The van der Waals surface area contributed by atoms with Gasteiger partial charge in [-0.15, -0.1) is 6.58 Å². The predicted molar refractivity (Wildman–Crippen MR) is 101 cm³/mol. The maximum absolute atomic E-state index is 12.4. The number of hydrogen-bond acceptors (Lipinski definition) is 3. The highest BCUT2D eigenvalue weighted by molar-refractivity contribution is 7.99. The van der Waals surface area contributed by atoms with Crippen LogP contribution in [0.2, 0.25) is 0 Å². The third-order valence-corrected chi connectivity index (χ3v) is 4.68. The molecule has 0 atom stereocenters. The average molecular weight is 372 g/mol. The number of nitrogens with zero attached hydrogens (tertiary/aromatic N) is 2. The summed E-state index contributed by atoms with van der Waals surface area (Å²) in [6.45, 7) is 2.95. The number of benzene rings is 2. The second-order valence-electron chi connectivity index (χ2n) is 5.60. The molecule has 0 spiro atoms. The number of alkyl halides is 2. The van der Waals surface area contributed by atoms with Crippen molar-refractivity contribution < 1.29 is 13.5 Å². The fourth-order valence-corrected chi connectivity index (χ4v) is 3.25. The van der Waals surface area contributed by atoms with Crippen LogP contribution >= 0.6 is 11.8 Å². The minimum atomic E-state index is -2.84. The highest BCUT2D eigenvalue weighted by Crippen LogP contribution is 2.31. The third-order valence-electron chi connectivity index (χ3n) is 3.73. The van der Waals surface area contributed by atoms with Crippen molar-refractivity contribution in [2.24, 2.45) is 0 Å². The molecule has 134 valence electrons. The summed E-state index contributed by atoms with van der Waals surface area (Å²) >= 11 is 1.56. The SMILES string of the molecule is C=CCSc1ncc(-c2ccc(C)cc2)n1-c1ccc(OC(F)F)cc1. The van der Waals surface area contributed by atoms with E-state index in [4.69, 9.17) is 0 Å². The van der Waals surface area contributed by atoms with E-state index in [0.29, 0.717) is 0 Å². The van der Waals surface area contributed by atoms with E-state index in [2.05, 4.69) is 16.3 Å². The zero-order valence-electron chi connectivity index (χ0n) is 14.2. The Morgan fingerprint density at radius 1 is 1.15 bits per heavy atom. The Bertz CT molecular complexity index is 874. The molecule has 6 heteroatoms. The molecule has 0 aliphatic heterocycles. The Hall–Kier alpha value is -2.60. The van der Waals surface area contributed by atoms with Gasteiger partial charge in [-0.3, -0.25) is 4.57 Å². The van der Waals surface area contributed by atoms with Gasteiger partial charge in [0, 0.05) is 17.0 Å². The number of halogens is 2. The van der Waals surface area contributed by atoms with Crippen LogP contribution in [0, 0.1) is 6.92 Å². The van der Waals surface area contributed by atoms with Crippen LogP contribution in [-0.2, 0) is 0 Å². The van der Waals surface area contributed by atoms with Crippen LogP contribution in [0.5, 0.6) is 5.75 Å². The van der Waals surface area contributed by atoms with Crippen molar-refractivity contribution in [1.29, 1.82) is 0 Å². The lowest BCUT2D eigenvalue weighted by Gasteiger charge is -2.13. The third kappa shape index (κ3) is 4.14. The average Bonchev–Trinajstić information content (AvgIpc) is 3.04. The van der Waals surface area contributed by atoms with Crippen LogP contribution < -0.4 is 4.74 Å². The molecule has 0 amide bonds. The molecule has 2 aromatic carbocycles. The zero-order valence-corrected chi connectivity index (χ0v) is 15.0. The Morgan fingerprint density at radius 2 is 1.85 bits per heavy atom. The van der Waals surface area contributed by atoms with Crippen molar-refractivity contribution in [2.75, 3.05) is 5.75 Å². The minimum Gasteiger partial charge on any atom is -0.435 e. The van der Waals surface area contributed by atoms with Gasteiger partial charge >= 0.3 is 6.61 Å². The molecule has 1 heterocycles. The maximum Gasteiger partial charge on any atom is 0.387 e. The highest BCUT2D eigenvalue weighted by Gasteiger charge is 2.14. The van der Waals surface area contributed by atoms with Gasteiger partial charge in [-0.05, 0) is 31.2 Å².